The van der Waals surface area contributed by atoms with Crippen LogP contribution in [0.1, 0.15) is 18.4 Å². The van der Waals surface area contributed by atoms with Crippen molar-refractivity contribution in [1.29, 1.82) is 0 Å². The maximum atomic E-state index is 5.97. The summed E-state index contributed by atoms with van der Waals surface area (Å²) < 4.78 is 0. The second-order valence-electron chi connectivity index (χ2n) is 4.39. The lowest BCUT2D eigenvalue weighted by Crippen LogP contribution is -2.46. The third-order valence-corrected chi connectivity index (χ3v) is 3.42. The van der Waals surface area contributed by atoms with E-state index in [-0.39, 0.29) is 0 Å². The number of nitrogens with zero attached hydrogens (tertiary/aromatic N) is 2. The van der Waals surface area contributed by atoms with E-state index in [0.717, 1.165) is 18.9 Å². The number of aromatic nitrogens is 1. The molecule has 0 aliphatic carbocycles. The Bertz CT molecular complexity index is 405. The molecule has 1 fully saturated rings. The van der Waals surface area contributed by atoms with Gasteiger partial charge in [0.05, 0.1) is 5.69 Å². The smallest absolute Gasteiger partial charge is 0.151 e. The molecule has 3 heterocycles. The Balaban J connectivity index is 2.12. The van der Waals surface area contributed by atoms with Crippen molar-refractivity contribution in [2.24, 2.45) is 0 Å². The van der Waals surface area contributed by atoms with E-state index in [1.807, 2.05) is 6.07 Å². The largest absolute Gasteiger partial charge is 0.366 e. The first-order chi connectivity index (χ1) is 7.24. The van der Waals surface area contributed by atoms with E-state index in [0.29, 0.717) is 11.2 Å². The molecule has 0 spiro atoms. The molecule has 0 saturated carbocycles. The molecule has 2 aliphatic heterocycles. The molecule has 80 valence electrons. The van der Waals surface area contributed by atoms with Gasteiger partial charge in [-0.05, 0) is 31.4 Å². The van der Waals surface area contributed by atoms with E-state index in [1.165, 1.54) is 24.1 Å². The van der Waals surface area contributed by atoms with Crippen molar-refractivity contribution >= 4 is 23.1 Å². The van der Waals surface area contributed by atoms with Gasteiger partial charge >= 0.3 is 0 Å². The number of piperidine rings is 1. The molecule has 1 aromatic heterocycles. The Morgan fingerprint density at radius 2 is 2.47 bits per heavy atom. The standard InChI is InChI=1S/C11H14ClN3/c1-7-5-9(12)14-11-10(7)15-4-2-3-8(6-15)13-11/h5,8H,2-4,6H2,1H3,(H,13,14). The zero-order valence-corrected chi connectivity index (χ0v) is 9.51. The van der Waals surface area contributed by atoms with Gasteiger partial charge in [-0.25, -0.2) is 4.98 Å². The number of rotatable bonds is 0. The highest BCUT2D eigenvalue weighted by Gasteiger charge is 2.29. The first kappa shape index (κ1) is 9.28. The predicted octanol–water partition coefficient (Wildman–Crippen LogP) is 2.44. The summed E-state index contributed by atoms with van der Waals surface area (Å²) in [5, 5.41) is 4.06. The van der Waals surface area contributed by atoms with E-state index >= 15 is 0 Å². The maximum absolute atomic E-state index is 5.97. The Kier molecular flexibility index (Phi) is 2.02. The predicted molar refractivity (Wildman–Crippen MR) is 62.8 cm³/mol. The van der Waals surface area contributed by atoms with Crippen LogP contribution in [0, 0.1) is 6.92 Å². The van der Waals surface area contributed by atoms with Crippen LogP contribution in [0.15, 0.2) is 6.07 Å². The highest BCUT2D eigenvalue weighted by atomic mass is 35.5. The molecule has 2 bridgehead atoms. The van der Waals surface area contributed by atoms with Crippen LogP contribution in [0.25, 0.3) is 0 Å². The van der Waals surface area contributed by atoms with Crippen molar-refractivity contribution in [3.05, 3.63) is 16.8 Å². The Morgan fingerprint density at radius 1 is 1.60 bits per heavy atom. The van der Waals surface area contributed by atoms with Gasteiger partial charge in [-0.15, -0.1) is 0 Å². The van der Waals surface area contributed by atoms with Gasteiger partial charge < -0.3 is 10.2 Å². The van der Waals surface area contributed by atoms with Gasteiger partial charge in [-0.1, -0.05) is 11.6 Å². The lowest BCUT2D eigenvalue weighted by Gasteiger charge is -2.41. The number of hydrogen-bond acceptors (Lipinski definition) is 3. The first-order valence-corrected chi connectivity index (χ1v) is 5.80. The molecule has 1 saturated heterocycles. The highest BCUT2D eigenvalue weighted by molar-refractivity contribution is 6.29. The molecule has 1 aromatic rings. The van der Waals surface area contributed by atoms with Crippen molar-refractivity contribution in [2.75, 3.05) is 23.3 Å². The minimum Gasteiger partial charge on any atom is -0.366 e. The molecule has 2 aliphatic rings. The van der Waals surface area contributed by atoms with Crippen LogP contribution in [-0.4, -0.2) is 24.1 Å². The number of hydrogen-bond donors (Lipinski definition) is 1. The SMILES string of the molecule is Cc1cc(Cl)nc2c1N1CCCC(C1)N2. The topological polar surface area (TPSA) is 28.2 Å². The molecule has 1 unspecified atom stereocenters. The molecular formula is C11H14ClN3. The van der Waals surface area contributed by atoms with E-state index in [2.05, 4.69) is 22.1 Å². The molecule has 3 nitrogen and oxygen atoms in total. The first-order valence-electron chi connectivity index (χ1n) is 5.42. The number of anilines is 2. The number of aryl methyl sites for hydroxylation is 1. The summed E-state index contributed by atoms with van der Waals surface area (Å²) in [5.74, 6) is 0.968. The van der Waals surface area contributed by atoms with Gasteiger partial charge in [0.25, 0.3) is 0 Å². The van der Waals surface area contributed by atoms with Crippen molar-refractivity contribution in [3.63, 3.8) is 0 Å². The van der Waals surface area contributed by atoms with E-state index in [4.69, 9.17) is 11.6 Å². The molecule has 15 heavy (non-hydrogen) atoms. The third kappa shape index (κ3) is 1.46. The van der Waals surface area contributed by atoms with Crippen LogP contribution in [0.3, 0.4) is 0 Å². The Labute approximate surface area is 94.4 Å². The fraction of sp³-hybridized carbons (Fsp3) is 0.545. The number of nitrogens with one attached hydrogen (secondary N) is 1. The molecule has 1 atom stereocenters. The van der Waals surface area contributed by atoms with Crippen molar-refractivity contribution < 1.29 is 0 Å². The summed E-state index contributed by atoms with van der Waals surface area (Å²) in [5.41, 5.74) is 2.47. The number of pyridine rings is 1. The zero-order valence-electron chi connectivity index (χ0n) is 8.76. The monoisotopic (exact) mass is 223 g/mol. The lowest BCUT2D eigenvalue weighted by atomic mass is 10.0. The minimum absolute atomic E-state index is 0.552. The summed E-state index contributed by atoms with van der Waals surface area (Å²) in [7, 11) is 0. The van der Waals surface area contributed by atoms with Crippen LogP contribution in [0.4, 0.5) is 11.5 Å². The second-order valence-corrected chi connectivity index (χ2v) is 4.78. The van der Waals surface area contributed by atoms with Crippen molar-refractivity contribution in [2.45, 2.75) is 25.8 Å². The van der Waals surface area contributed by atoms with Gasteiger partial charge in [0.15, 0.2) is 5.82 Å². The van der Waals surface area contributed by atoms with Crippen LogP contribution in [0.5, 0.6) is 0 Å². The molecular weight excluding hydrogens is 210 g/mol. The van der Waals surface area contributed by atoms with Gasteiger partial charge in [-0.2, -0.15) is 0 Å². The van der Waals surface area contributed by atoms with Gasteiger partial charge in [0.2, 0.25) is 0 Å². The normalized spacial score (nSPS) is 23.3. The summed E-state index contributed by atoms with van der Waals surface area (Å²) in [6.45, 7) is 4.36. The van der Waals surface area contributed by atoms with Gasteiger partial charge in [0, 0.05) is 19.1 Å². The minimum atomic E-state index is 0.552. The molecule has 0 amide bonds. The Morgan fingerprint density at radius 3 is 3.33 bits per heavy atom. The second kappa shape index (κ2) is 3.27. The lowest BCUT2D eigenvalue weighted by molar-refractivity contribution is 0.515. The average molecular weight is 224 g/mol. The van der Waals surface area contributed by atoms with Crippen molar-refractivity contribution in [3.8, 4) is 0 Å². The summed E-state index contributed by atoms with van der Waals surface area (Å²) in [4.78, 5) is 6.80. The molecule has 3 rings (SSSR count). The highest BCUT2D eigenvalue weighted by Crippen LogP contribution is 2.36. The van der Waals surface area contributed by atoms with Crippen LogP contribution >= 0.6 is 11.6 Å². The molecule has 4 heteroatoms. The van der Waals surface area contributed by atoms with Crippen LogP contribution in [0.2, 0.25) is 5.15 Å². The molecule has 0 aromatic carbocycles. The summed E-state index contributed by atoms with van der Waals surface area (Å²) in [6.07, 6.45) is 2.50. The summed E-state index contributed by atoms with van der Waals surface area (Å²) in [6, 6.07) is 2.49. The van der Waals surface area contributed by atoms with Gasteiger partial charge in [-0.3, -0.25) is 0 Å². The summed E-state index contributed by atoms with van der Waals surface area (Å²) >= 11 is 5.97. The van der Waals surface area contributed by atoms with Crippen LogP contribution in [-0.2, 0) is 0 Å². The fourth-order valence-electron chi connectivity index (χ4n) is 2.62. The van der Waals surface area contributed by atoms with E-state index in [1.54, 1.807) is 0 Å². The molecule has 0 radical (unpaired) electrons. The molecule has 1 N–H and O–H groups in total. The maximum Gasteiger partial charge on any atom is 0.151 e. The number of fused-ring (bicyclic) bond motifs is 4. The average Bonchev–Trinajstić information content (AvgIpc) is 2.15. The van der Waals surface area contributed by atoms with Crippen LogP contribution < -0.4 is 10.2 Å². The number of halogens is 1. The van der Waals surface area contributed by atoms with E-state index in [9.17, 15) is 0 Å². The van der Waals surface area contributed by atoms with Gasteiger partial charge in [0.1, 0.15) is 5.15 Å². The van der Waals surface area contributed by atoms with Crippen molar-refractivity contribution in [1.82, 2.24) is 4.98 Å². The zero-order chi connectivity index (χ0) is 10.4. The fourth-order valence-corrected chi connectivity index (χ4v) is 2.87. The quantitative estimate of drug-likeness (QED) is 0.685. The Hall–Kier alpha value is -0.960. The van der Waals surface area contributed by atoms with E-state index < -0.39 is 0 Å². The third-order valence-electron chi connectivity index (χ3n) is 3.23.